The van der Waals surface area contributed by atoms with Gasteiger partial charge in [0.2, 0.25) is 0 Å². The summed E-state index contributed by atoms with van der Waals surface area (Å²) in [6, 6.07) is 38.9. The molecule has 1 aliphatic carbocycles. The number of anilines is 2. The van der Waals surface area contributed by atoms with Gasteiger partial charge in [-0.2, -0.15) is 0 Å². The van der Waals surface area contributed by atoms with Crippen LogP contribution in [0.4, 0.5) is 11.6 Å². The van der Waals surface area contributed by atoms with Crippen molar-refractivity contribution in [2.75, 3.05) is 10.6 Å². The first-order valence-corrected chi connectivity index (χ1v) is 13.6. The molecule has 0 unspecified atom stereocenters. The number of hydrogen-bond acceptors (Lipinski definition) is 4. The van der Waals surface area contributed by atoms with E-state index in [0.29, 0.717) is 6.04 Å². The van der Waals surface area contributed by atoms with Crippen LogP contribution in [0.3, 0.4) is 0 Å². The molecule has 2 N–H and O–H groups in total. The van der Waals surface area contributed by atoms with Gasteiger partial charge in [-0.3, -0.25) is 0 Å². The maximum absolute atomic E-state index is 5.17. The fraction of sp³-hybridized carbons (Fsp3) is 0.176. The molecule has 2 atom stereocenters. The van der Waals surface area contributed by atoms with Crippen molar-refractivity contribution in [2.45, 2.75) is 37.8 Å². The third kappa shape index (κ3) is 4.32. The van der Waals surface area contributed by atoms with E-state index in [1.165, 1.54) is 45.3 Å². The first-order chi connectivity index (χ1) is 18.8. The fourth-order valence-electron chi connectivity index (χ4n) is 5.95. The lowest BCUT2D eigenvalue weighted by Gasteiger charge is -2.33. The van der Waals surface area contributed by atoms with E-state index in [-0.39, 0.29) is 6.04 Å². The zero-order chi connectivity index (χ0) is 25.3. The highest BCUT2D eigenvalue weighted by atomic mass is 15.1. The van der Waals surface area contributed by atoms with Crippen LogP contribution >= 0.6 is 0 Å². The molecule has 6 aromatic rings. The number of aromatic nitrogens is 2. The summed E-state index contributed by atoms with van der Waals surface area (Å²) < 4.78 is 0. The molecular formula is C34H30N4. The summed E-state index contributed by atoms with van der Waals surface area (Å²) in [6.07, 6.45) is 4.65. The number of rotatable bonds is 5. The number of para-hydroxylation sites is 1. The van der Waals surface area contributed by atoms with Gasteiger partial charge < -0.3 is 10.6 Å². The Bertz CT molecular complexity index is 1710. The molecule has 1 saturated carbocycles. The molecule has 2 aromatic heterocycles. The van der Waals surface area contributed by atoms with Crippen molar-refractivity contribution in [1.29, 1.82) is 0 Å². The molecule has 186 valence electrons. The van der Waals surface area contributed by atoms with Gasteiger partial charge in [0.05, 0.1) is 11.2 Å². The monoisotopic (exact) mass is 494 g/mol. The Morgan fingerprint density at radius 3 is 1.84 bits per heavy atom. The molecule has 7 rings (SSSR count). The van der Waals surface area contributed by atoms with E-state index in [1.807, 2.05) is 6.07 Å². The predicted molar refractivity (Wildman–Crippen MR) is 160 cm³/mol. The number of benzene rings is 4. The second kappa shape index (κ2) is 9.79. The van der Waals surface area contributed by atoms with Gasteiger partial charge in [-0.1, -0.05) is 85.6 Å². The number of hydrogen-bond donors (Lipinski definition) is 2. The minimum absolute atomic E-state index is 0.282. The fourth-order valence-corrected chi connectivity index (χ4v) is 5.95. The van der Waals surface area contributed by atoms with Crippen molar-refractivity contribution < 1.29 is 0 Å². The number of nitrogens with zero attached hydrogens (tertiary/aromatic N) is 2. The first kappa shape index (κ1) is 22.7. The van der Waals surface area contributed by atoms with E-state index in [0.717, 1.165) is 35.7 Å². The van der Waals surface area contributed by atoms with Crippen molar-refractivity contribution in [1.82, 2.24) is 9.97 Å². The van der Waals surface area contributed by atoms with Crippen LogP contribution in [0.25, 0.3) is 43.7 Å². The third-order valence-electron chi connectivity index (χ3n) is 7.81. The largest absolute Gasteiger partial charge is 0.365 e. The first-order valence-electron chi connectivity index (χ1n) is 13.6. The van der Waals surface area contributed by atoms with Crippen LogP contribution in [-0.2, 0) is 0 Å². The Labute approximate surface area is 222 Å². The molecule has 0 radical (unpaired) electrons. The van der Waals surface area contributed by atoms with Gasteiger partial charge >= 0.3 is 0 Å². The Kier molecular flexibility index (Phi) is 5.86. The molecule has 4 aromatic carbocycles. The SMILES string of the molecule is c1cc(N[C@@H]2CCCC[C@H]2Nc2ccc3ccccc3n2)nc(-c2c3ccccc3cc3ccccc23)c1. The third-order valence-corrected chi connectivity index (χ3v) is 7.81. The van der Waals surface area contributed by atoms with Crippen LogP contribution in [0, 0.1) is 0 Å². The van der Waals surface area contributed by atoms with Gasteiger partial charge in [-0.25, -0.2) is 9.97 Å². The lowest BCUT2D eigenvalue weighted by molar-refractivity contribution is 0.422. The van der Waals surface area contributed by atoms with Gasteiger partial charge in [-0.15, -0.1) is 0 Å². The molecular weight excluding hydrogens is 464 g/mol. The summed E-state index contributed by atoms with van der Waals surface area (Å²) in [4.78, 5) is 10.0. The molecule has 4 nitrogen and oxygen atoms in total. The smallest absolute Gasteiger partial charge is 0.126 e. The molecule has 0 aliphatic heterocycles. The quantitative estimate of drug-likeness (QED) is 0.236. The summed E-state index contributed by atoms with van der Waals surface area (Å²) in [5, 5.41) is 13.6. The molecule has 38 heavy (non-hydrogen) atoms. The van der Waals surface area contributed by atoms with Crippen LogP contribution in [-0.4, -0.2) is 22.1 Å². The molecule has 0 saturated heterocycles. The predicted octanol–water partition coefficient (Wildman–Crippen LogP) is 8.44. The zero-order valence-electron chi connectivity index (χ0n) is 21.3. The minimum atomic E-state index is 0.282. The van der Waals surface area contributed by atoms with Gasteiger partial charge in [0.25, 0.3) is 0 Å². The minimum Gasteiger partial charge on any atom is -0.365 e. The van der Waals surface area contributed by atoms with E-state index in [9.17, 15) is 0 Å². The lowest BCUT2D eigenvalue weighted by Crippen LogP contribution is -2.42. The van der Waals surface area contributed by atoms with Crippen LogP contribution in [0.2, 0.25) is 0 Å². The Balaban J connectivity index is 1.21. The normalized spacial score (nSPS) is 17.6. The van der Waals surface area contributed by atoms with Crippen LogP contribution in [0.15, 0.2) is 109 Å². The van der Waals surface area contributed by atoms with Crippen molar-refractivity contribution in [3.8, 4) is 11.3 Å². The van der Waals surface area contributed by atoms with Gasteiger partial charge in [0, 0.05) is 23.0 Å². The van der Waals surface area contributed by atoms with E-state index in [4.69, 9.17) is 9.97 Å². The van der Waals surface area contributed by atoms with E-state index in [1.54, 1.807) is 0 Å². The second-order valence-corrected chi connectivity index (χ2v) is 10.3. The summed E-state index contributed by atoms with van der Waals surface area (Å²) in [6.45, 7) is 0. The van der Waals surface area contributed by atoms with Gasteiger partial charge in [0.15, 0.2) is 0 Å². The maximum atomic E-state index is 5.17. The highest BCUT2D eigenvalue weighted by molar-refractivity contribution is 6.12. The Morgan fingerprint density at radius 1 is 0.526 bits per heavy atom. The molecule has 0 amide bonds. The highest BCUT2D eigenvalue weighted by Gasteiger charge is 2.26. The maximum Gasteiger partial charge on any atom is 0.126 e. The van der Waals surface area contributed by atoms with Crippen molar-refractivity contribution in [3.63, 3.8) is 0 Å². The summed E-state index contributed by atoms with van der Waals surface area (Å²) in [5.74, 6) is 1.86. The van der Waals surface area contributed by atoms with Crippen molar-refractivity contribution in [2.24, 2.45) is 0 Å². The molecule has 1 fully saturated rings. The second-order valence-electron chi connectivity index (χ2n) is 10.3. The molecule has 4 heteroatoms. The summed E-state index contributed by atoms with van der Waals surface area (Å²) >= 11 is 0. The summed E-state index contributed by atoms with van der Waals surface area (Å²) in [5.41, 5.74) is 3.22. The van der Waals surface area contributed by atoms with Crippen molar-refractivity contribution in [3.05, 3.63) is 109 Å². The molecule has 2 heterocycles. The highest BCUT2D eigenvalue weighted by Crippen LogP contribution is 2.36. The van der Waals surface area contributed by atoms with Crippen LogP contribution in [0.5, 0.6) is 0 Å². The van der Waals surface area contributed by atoms with Gasteiger partial charge in [0.1, 0.15) is 11.6 Å². The lowest BCUT2D eigenvalue weighted by atomic mass is 9.90. The number of pyridine rings is 2. The van der Waals surface area contributed by atoms with E-state index in [2.05, 4.69) is 114 Å². The molecule has 0 bridgehead atoms. The zero-order valence-corrected chi connectivity index (χ0v) is 21.3. The molecule has 0 spiro atoms. The average Bonchev–Trinajstić information content (AvgIpc) is 2.97. The topological polar surface area (TPSA) is 49.8 Å². The Hall–Kier alpha value is -4.44. The van der Waals surface area contributed by atoms with E-state index >= 15 is 0 Å². The summed E-state index contributed by atoms with van der Waals surface area (Å²) in [7, 11) is 0. The standard InChI is InChI=1S/C34H30N4/c1-4-13-26-24(11-1)22-25-12-2-5-14-27(25)34(26)31-18-9-19-32(38-31)36-29-16-7-8-17-30(29)37-33-21-20-23-10-3-6-15-28(23)35-33/h1-6,9-15,18-22,29-30H,7-8,16-17H2,(H,35,37)(H,36,38)/t29-,30-/m1/s1. The van der Waals surface area contributed by atoms with Crippen molar-refractivity contribution >= 4 is 44.1 Å². The molecule has 1 aliphatic rings. The van der Waals surface area contributed by atoms with Gasteiger partial charge in [-0.05, 0) is 70.8 Å². The number of nitrogens with one attached hydrogen (secondary N) is 2. The van der Waals surface area contributed by atoms with E-state index < -0.39 is 0 Å². The average molecular weight is 495 g/mol. The van der Waals surface area contributed by atoms with Crippen LogP contribution < -0.4 is 10.6 Å². The number of fused-ring (bicyclic) bond motifs is 3. The van der Waals surface area contributed by atoms with Crippen LogP contribution in [0.1, 0.15) is 25.7 Å². The Morgan fingerprint density at radius 2 is 1.13 bits per heavy atom.